The van der Waals surface area contributed by atoms with Gasteiger partial charge in [0.2, 0.25) is 0 Å². The van der Waals surface area contributed by atoms with Crippen LogP contribution in [0.3, 0.4) is 0 Å². The fraction of sp³-hybridized carbons (Fsp3) is 0.547. The molecule has 0 aliphatic rings. The third-order valence-corrected chi connectivity index (χ3v) is 7.60. The maximum atomic E-state index is 2.25. The highest BCUT2D eigenvalue weighted by Gasteiger charge is 2.14. The summed E-state index contributed by atoms with van der Waals surface area (Å²) in [7, 11) is 0. The van der Waals surface area contributed by atoms with Gasteiger partial charge in [0.15, 0.2) is 0 Å². The summed E-state index contributed by atoms with van der Waals surface area (Å²) in [6.07, 6.45) is 0. The maximum Gasteiger partial charge on any atom is -0.0132 e. The van der Waals surface area contributed by atoms with Crippen LogP contribution in [-0.4, -0.2) is 0 Å². The van der Waals surface area contributed by atoms with Gasteiger partial charge >= 0.3 is 0 Å². The van der Waals surface area contributed by atoms with E-state index in [-0.39, 0.29) is 29.1 Å². The Hall–Kier alpha value is -3.12. The molecule has 0 nitrogen and oxygen atoms in total. The first kappa shape index (κ1) is 59.2. The zero-order valence-electron chi connectivity index (χ0n) is 39.2. The van der Waals surface area contributed by atoms with E-state index >= 15 is 0 Å². The average Bonchev–Trinajstić information content (AvgIpc) is 3.08. The highest BCUT2D eigenvalue weighted by molar-refractivity contribution is 5.29. The molecule has 304 valence electrons. The highest BCUT2D eigenvalue weighted by atomic mass is 14.2. The second-order valence-electron chi connectivity index (χ2n) is 16.5. The summed E-state index contributed by atoms with van der Waals surface area (Å²) in [5.74, 6) is 0. The molecular weight excluding hydrogens is 637 g/mol. The second-order valence-corrected chi connectivity index (χ2v) is 16.5. The fourth-order valence-corrected chi connectivity index (χ4v) is 4.33. The summed E-state index contributed by atoms with van der Waals surface area (Å²) in [5, 5.41) is 0. The number of hydrogen-bond donors (Lipinski definition) is 0. The Bertz CT molecular complexity index is 1260. The van der Waals surface area contributed by atoms with Gasteiger partial charge in [0.05, 0.1) is 0 Å². The van der Waals surface area contributed by atoms with E-state index in [1.807, 2.05) is 55.4 Å². The molecule has 4 aromatic carbocycles. The van der Waals surface area contributed by atoms with Gasteiger partial charge in [-0.25, -0.2) is 0 Å². The molecule has 0 aliphatic carbocycles. The van der Waals surface area contributed by atoms with E-state index in [1.54, 1.807) is 0 Å². The van der Waals surface area contributed by atoms with E-state index in [4.69, 9.17) is 0 Å². The molecule has 0 aromatic heterocycles. The molecule has 4 rings (SSSR count). The molecular formula is C53H92. The number of hydrogen-bond acceptors (Lipinski definition) is 0. The van der Waals surface area contributed by atoms with Crippen molar-refractivity contribution in [2.75, 3.05) is 0 Å². The predicted molar refractivity (Wildman–Crippen MR) is 252 cm³/mol. The van der Waals surface area contributed by atoms with Crippen molar-refractivity contribution < 1.29 is 0 Å². The zero-order chi connectivity index (χ0) is 41.9. The Balaban J connectivity index is -0.000000180. The first-order valence-electron chi connectivity index (χ1n) is 20.3. The maximum absolute atomic E-state index is 2.25. The van der Waals surface area contributed by atoms with E-state index < -0.39 is 0 Å². The SMILES string of the molecule is C.CC.CC.CC.CC.Cc1ccc(C(C)(C)C)cc1.Cc1ccc(C(C)(C)C)cc1.Cc1cccc(C(C)(C)C)c1.Cc1cccc(C(C)(C)C)c1. The molecule has 0 unspecified atom stereocenters. The van der Waals surface area contributed by atoms with Crippen molar-refractivity contribution in [3.63, 3.8) is 0 Å². The van der Waals surface area contributed by atoms with E-state index in [2.05, 4.69) is 208 Å². The molecule has 0 atom stereocenters. The van der Waals surface area contributed by atoms with Crippen LogP contribution in [0.5, 0.6) is 0 Å². The summed E-state index contributed by atoms with van der Waals surface area (Å²) < 4.78 is 0. The summed E-state index contributed by atoms with van der Waals surface area (Å²) in [6, 6.07) is 34.9. The number of benzene rings is 4. The molecule has 0 radical (unpaired) electrons. The van der Waals surface area contributed by atoms with Crippen LogP contribution in [0.15, 0.2) is 97.1 Å². The Morgan fingerprint density at radius 3 is 0.623 bits per heavy atom. The monoisotopic (exact) mass is 729 g/mol. The van der Waals surface area contributed by atoms with Gasteiger partial charge in [0.25, 0.3) is 0 Å². The standard InChI is InChI=1S/4C11H16.4C2H6.CH4/c2*1-9-5-7-10(8-6-9)11(2,3)4;2*1-9-6-5-7-10(8-9)11(2,3)4;4*1-2;/h4*5-8H,1-4H3;4*1-2H3;1H4. The summed E-state index contributed by atoms with van der Waals surface area (Å²) in [6.45, 7) is 51.3. The molecule has 53 heavy (non-hydrogen) atoms. The second kappa shape index (κ2) is 30.2. The topological polar surface area (TPSA) is 0 Å². The van der Waals surface area contributed by atoms with E-state index in [1.165, 1.54) is 44.5 Å². The minimum Gasteiger partial charge on any atom is -0.0776 e. The van der Waals surface area contributed by atoms with Crippen LogP contribution in [0.2, 0.25) is 0 Å². The average molecular weight is 729 g/mol. The van der Waals surface area contributed by atoms with Crippen LogP contribution in [0.4, 0.5) is 0 Å². The van der Waals surface area contributed by atoms with Gasteiger partial charge in [-0.15, -0.1) is 0 Å². The van der Waals surface area contributed by atoms with Crippen LogP contribution < -0.4 is 0 Å². The summed E-state index contributed by atoms with van der Waals surface area (Å²) in [5.41, 5.74) is 12.1. The molecule has 0 aliphatic heterocycles. The Labute approximate surface area is 335 Å². The van der Waals surface area contributed by atoms with Crippen LogP contribution in [-0.2, 0) is 21.7 Å². The lowest BCUT2D eigenvalue weighted by Crippen LogP contribution is -2.10. The van der Waals surface area contributed by atoms with Gasteiger partial charge in [0.1, 0.15) is 0 Å². The van der Waals surface area contributed by atoms with Crippen molar-refractivity contribution in [1.82, 2.24) is 0 Å². The normalized spacial score (nSPS) is 10.1. The summed E-state index contributed by atoms with van der Waals surface area (Å²) in [4.78, 5) is 0. The number of rotatable bonds is 0. The predicted octanol–water partition coefficient (Wildman–Crippen LogP) is 17.9. The molecule has 0 saturated carbocycles. The lowest BCUT2D eigenvalue weighted by molar-refractivity contribution is 0.589. The molecule has 4 aromatic rings. The number of aryl methyl sites for hydroxylation is 4. The quantitative estimate of drug-likeness (QED) is 0.169. The Morgan fingerprint density at radius 2 is 0.472 bits per heavy atom. The van der Waals surface area contributed by atoms with Crippen LogP contribution in [0.25, 0.3) is 0 Å². The van der Waals surface area contributed by atoms with Crippen molar-refractivity contribution in [3.8, 4) is 0 Å². The van der Waals surface area contributed by atoms with Gasteiger partial charge < -0.3 is 0 Å². The third kappa shape index (κ3) is 29.0. The van der Waals surface area contributed by atoms with E-state index in [9.17, 15) is 0 Å². The smallest absolute Gasteiger partial charge is 0.0132 e. The van der Waals surface area contributed by atoms with Gasteiger partial charge in [-0.2, -0.15) is 0 Å². The van der Waals surface area contributed by atoms with Gasteiger partial charge in [-0.1, -0.05) is 265 Å². The molecule has 0 N–H and O–H groups in total. The molecule has 0 fully saturated rings. The molecule has 0 spiro atoms. The minimum absolute atomic E-state index is 0. The molecule has 0 saturated heterocycles. The van der Waals surface area contributed by atoms with E-state index in [0.717, 1.165) is 0 Å². The molecule has 0 heterocycles. The zero-order valence-corrected chi connectivity index (χ0v) is 39.2. The van der Waals surface area contributed by atoms with Gasteiger partial charge in [-0.3, -0.25) is 0 Å². The lowest BCUT2D eigenvalue weighted by Gasteiger charge is -2.19. The molecule has 0 amide bonds. The first-order chi connectivity index (χ1) is 24.0. The fourth-order valence-electron chi connectivity index (χ4n) is 4.33. The molecule has 0 heteroatoms. The van der Waals surface area contributed by atoms with Crippen LogP contribution >= 0.6 is 0 Å². The molecule has 0 bridgehead atoms. The lowest BCUT2D eigenvalue weighted by atomic mass is 9.86. The largest absolute Gasteiger partial charge is 0.0776 e. The van der Waals surface area contributed by atoms with Gasteiger partial charge in [0, 0.05) is 0 Å². The van der Waals surface area contributed by atoms with Crippen molar-refractivity contribution in [3.05, 3.63) is 142 Å². The third-order valence-electron chi connectivity index (χ3n) is 7.60. The van der Waals surface area contributed by atoms with E-state index in [0.29, 0.717) is 0 Å². The van der Waals surface area contributed by atoms with Crippen LogP contribution in [0.1, 0.15) is 190 Å². The van der Waals surface area contributed by atoms with Crippen LogP contribution in [0, 0.1) is 27.7 Å². The van der Waals surface area contributed by atoms with Crippen molar-refractivity contribution in [1.29, 1.82) is 0 Å². The first-order valence-corrected chi connectivity index (χ1v) is 20.3. The highest BCUT2D eigenvalue weighted by Crippen LogP contribution is 2.24. The van der Waals surface area contributed by atoms with Gasteiger partial charge in [-0.05, 0) is 71.6 Å². The van der Waals surface area contributed by atoms with Crippen molar-refractivity contribution in [2.45, 2.75) is 195 Å². The Kier molecular flexibility index (Phi) is 33.8. The Morgan fingerprint density at radius 1 is 0.264 bits per heavy atom. The van der Waals surface area contributed by atoms with Crippen molar-refractivity contribution in [2.24, 2.45) is 0 Å². The van der Waals surface area contributed by atoms with Crippen molar-refractivity contribution >= 4 is 0 Å². The minimum atomic E-state index is 0. The summed E-state index contributed by atoms with van der Waals surface area (Å²) >= 11 is 0.